The number of alkyl halides is 3. The molecule has 2 atom stereocenters. The second-order valence-electron chi connectivity index (χ2n) is 6.07. The summed E-state index contributed by atoms with van der Waals surface area (Å²) in [6.45, 7) is 1.98. The SMILES string of the molecule is Cc1ccc(C2CC(C(=O)Nc3ccccc3C(F)(F)F)NN2)cc1. The van der Waals surface area contributed by atoms with Gasteiger partial charge in [0, 0.05) is 6.04 Å². The lowest BCUT2D eigenvalue weighted by Gasteiger charge is -2.15. The number of hydrogen-bond acceptors (Lipinski definition) is 3. The lowest BCUT2D eigenvalue weighted by Crippen LogP contribution is -2.39. The van der Waals surface area contributed by atoms with Crippen LogP contribution in [0.25, 0.3) is 0 Å². The molecule has 25 heavy (non-hydrogen) atoms. The topological polar surface area (TPSA) is 53.2 Å². The van der Waals surface area contributed by atoms with Gasteiger partial charge in [-0.3, -0.25) is 4.79 Å². The third-order valence-corrected chi connectivity index (χ3v) is 4.19. The van der Waals surface area contributed by atoms with Crippen LogP contribution in [0.5, 0.6) is 0 Å². The minimum atomic E-state index is -4.52. The van der Waals surface area contributed by atoms with E-state index >= 15 is 0 Å². The molecule has 0 spiro atoms. The summed E-state index contributed by atoms with van der Waals surface area (Å²) < 4.78 is 39.0. The number of carbonyl (C=O) groups excluding carboxylic acids is 1. The average Bonchev–Trinajstić information content (AvgIpc) is 3.05. The molecule has 2 aromatic carbocycles. The smallest absolute Gasteiger partial charge is 0.324 e. The molecule has 0 aromatic heterocycles. The number of nitrogens with one attached hydrogen (secondary N) is 3. The van der Waals surface area contributed by atoms with Gasteiger partial charge in [0.1, 0.15) is 6.04 Å². The third-order valence-electron chi connectivity index (χ3n) is 4.19. The van der Waals surface area contributed by atoms with Crippen LogP contribution in [0, 0.1) is 6.92 Å². The molecule has 3 rings (SSSR count). The second kappa shape index (κ2) is 6.85. The van der Waals surface area contributed by atoms with Gasteiger partial charge in [-0.05, 0) is 31.0 Å². The number of hydrogen-bond donors (Lipinski definition) is 3. The van der Waals surface area contributed by atoms with E-state index in [1.54, 1.807) is 0 Å². The predicted octanol–water partition coefficient (Wildman–Crippen LogP) is 3.56. The quantitative estimate of drug-likeness (QED) is 0.794. The van der Waals surface area contributed by atoms with Gasteiger partial charge < -0.3 is 5.32 Å². The first-order valence-electron chi connectivity index (χ1n) is 7.89. The maximum absolute atomic E-state index is 13.0. The van der Waals surface area contributed by atoms with Gasteiger partial charge in [0.05, 0.1) is 11.3 Å². The minimum Gasteiger partial charge on any atom is -0.324 e. The van der Waals surface area contributed by atoms with E-state index in [1.807, 2.05) is 31.2 Å². The minimum absolute atomic E-state index is 0.0748. The average molecular weight is 349 g/mol. The van der Waals surface area contributed by atoms with Gasteiger partial charge in [0.2, 0.25) is 5.91 Å². The Hall–Kier alpha value is -2.38. The molecule has 1 aliphatic heterocycles. The molecule has 1 aliphatic rings. The van der Waals surface area contributed by atoms with Crippen LogP contribution in [0.3, 0.4) is 0 Å². The maximum Gasteiger partial charge on any atom is 0.418 e. The highest BCUT2D eigenvalue weighted by Gasteiger charge is 2.35. The molecule has 3 N–H and O–H groups in total. The number of benzene rings is 2. The predicted molar refractivity (Wildman–Crippen MR) is 88.7 cm³/mol. The molecular weight excluding hydrogens is 331 g/mol. The van der Waals surface area contributed by atoms with Gasteiger partial charge in [-0.1, -0.05) is 42.0 Å². The summed E-state index contributed by atoms with van der Waals surface area (Å²) >= 11 is 0. The third kappa shape index (κ3) is 4.00. The number of amides is 1. The normalized spacial score (nSPS) is 20.5. The Morgan fingerprint density at radius 3 is 2.44 bits per heavy atom. The van der Waals surface area contributed by atoms with Crippen LogP contribution in [0.2, 0.25) is 0 Å². The van der Waals surface area contributed by atoms with Gasteiger partial charge in [-0.25, -0.2) is 10.9 Å². The Morgan fingerprint density at radius 1 is 1.08 bits per heavy atom. The lowest BCUT2D eigenvalue weighted by molar-refractivity contribution is -0.137. The van der Waals surface area contributed by atoms with Crippen LogP contribution in [0.4, 0.5) is 18.9 Å². The van der Waals surface area contributed by atoms with Gasteiger partial charge in [-0.15, -0.1) is 0 Å². The first-order chi connectivity index (χ1) is 11.8. The van der Waals surface area contributed by atoms with E-state index in [9.17, 15) is 18.0 Å². The molecule has 1 heterocycles. The highest BCUT2D eigenvalue weighted by atomic mass is 19.4. The number of rotatable bonds is 3. The van der Waals surface area contributed by atoms with E-state index in [-0.39, 0.29) is 11.7 Å². The van der Waals surface area contributed by atoms with Crippen molar-refractivity contribution in [2.24, 2.45) is 0 Å². The molecule has 0 aliphatic carbocycles. The van der Waals surface area contributed by atoms with Gasteiger partial charge in [0.25, 0.3) is 0 Å². The van der Waals surface area contributed by atoms with Crippen molar-refractivity contribution in [3.63, 3.8) is 0 Å². The summed E-state index contributed by atoms with van der Waals surface area (Å²) in [4.78, 5) is 12.3. The molecule has 4 nitrogen and oxygen atoms in total. The molecule has 7 heteroatoms. The summed E-state index contributed by atoms with van der Waals surface area (Å²) in [5, 5.41) is 2.38. The van der Waals surface area contributed by atoms with E-state index in [0.29, 0.717) is 6.42 Å². The molecule has 1 saturated heterocycles. The number of para-hydroxylation sites is 1. The standard InChI is InChI=1S/C18H18F3N3O/c1-11-6-8-12(9-7-11)15-10-16(24-23-15)17(25)22-14-5-3-2-4-13(14)18(19,20)21/h2-9,15-16,23-24H,10H2,1H3,(H,22,25). The van der Waals surface area contributed by atoms with Crippen molar-refractivity contribution in [3.8, 4) is 0 Å². The summed E-state index contributed by atoms with van der Waals surface area (Å²) in [5.41, 5.74) is 6.93. The fraction of sp³-hybridized carbons (Fsp3) is 0.278. The van der Waals surface area contributed by atoms with Gasteiger partial charge in [-0.2, -0.15) is 13.2 Å². The summed E-state index contributed by atoms with van der Waals surface area (Å²) in [6, 6.07) is 12.1. The Kier molecular flexibility index (Phi) is 4.78. The number of halogens is 3. The molecule has 0 saturated carbocycles. The van der Waals surface area contributed by atoms with Crippen molar-refractivity contribution in [1.82, 2.24) is 10.9 Å². The van der Waals surface area contributed by atoms with Crippen LogP contribution in [-0.2, 0) is 11.0 Å². The van der Waals surface area contributed by atoms with Crippen molar-refractivity contribution in [2.75, 3.05) is 5.32 Å². The van der Waals surface area contributed by atoms with Gasteiger partial charge in [0.15, 0.2) is 0 Å². The first-order valence-corrected chi connectivity index (χ1v) is 7.89. The van der Waals surface area contributed by atoms with Crippen molar-refractivity contribution in [1.29, 1.82) is 0 Å². The largest absolute Gasteiger partial charge is 0.418 e. The number of aryl methyl sites for hydroxylation is 1. The molecule has 0 radical (unpaired) electrons. The number of hydrazine groups is 1. The highest BCUT2D eigenvalue weighted by molar-refractivity contribution is 5.95. The highest BCUT2D eigenvalue weighted by Crippen LogP contribution is 2.34. The van der Waals surface area contributed by atoms with Crippen LogP contribution in [0.1, 0.15) is 29.2 Å². The molecule has 2 aromatic rings. The van der Waals surface area contributed by atoms with Crippen molar-refractivity contribution in [2.45, 2.75) is 31.6 Å². The van der Waals surface area contributed by atoms with Crippen molar-refractivity contribution in [3.05, 3.63) is 65.2 Å². The maximum atomic E-state index is 13.0. The number of carbonyl (C=O) groups is 1. The molecule has 2 unspecified atom stereocenters. The van der Waals surface area contributed by atoms with E-state index in [1.165, 1.54) is 18.2 Å². The van der Waals surface area contributed by atoms with Crippen LogP contribution >= 0.6 is 0 Å². The van der Waals surface area contributed by atoms with Gasteiger partial charge >= 0.3 is 6.18 Å². The van der Waals surface area contributed by atoms with E-state index in [2.05, 4.69) is 16.2 Å². The monoisotopic (exact) mass is 349 g/mol. The Morgan fingerprint density at radius 2 is 1.76 bits per heavy atom. The Bertz CT molecular complexity index is 759. The lowest BCUT2D eigenvalue weighted by atomic mass is 10.0. The molecule has 1 amide bonds. The summed E-state index contributed by atoms with van der Waals surface area (Å²) in [5.74, 6) is -0.501. The van der Waals surface area contributed by atoms with Crippen molar-refractivity contribution >= 4 is 11.6 Å². The van der Waals surface area contributed by atoms with E-state index < -0.39 is 23.7 Å². The fourth-order valence-corrected chi connectivity index (χ4v) is 2.80. The number of anilines is 1. The fourth-order valence-electron chi connectivity index (χ4n) is 2.80. The molecule has 1 fully saturated rings. The zero-order valence-electron chi connectivity index (χ0n) is 13.5. The Labute approximate surface area is 143 Å². The van der Waals surface area contributed by atoms with Crippen LogP contribution in [-0.4, -0.2) is 11.9 Å². The summed E-state index contributed by atoms with van der Waals surface area (Å²) in [7, 11) is 0. The van der Waals surface area contributed by atoms with Crippen LogP contribution in [0.15, 0.2) is 48.5 Å². The molecule has 132 valence electrons. The van der Waals surface area contributed by atoms with Crippen LogP contribution < -0.4 is 16.2 Å². The van der Waals surface area contributed by atoms with E-state index in [4.69, 9.17) is 0 Å². The van der Waals surface area contributed by atoms with E-state index in [0.717, 1.165) is 17.2 Å². The second-order valence-corrected chi connectivity index (χ2v) is 6.07. The summed E-state index contributed by atoms with van der Waals surface area (Å²) in [6.07, 6.45) is -4.07. The first kappa shape index (κ1) is 17.4. The van der Waals surface area contributed by atoms with Crippen molar-refractivity contribution < 1.29 is 18.0 Å². The molecular formula is C18H18F3N3O. The molecule has 0 bridgehead atoms. The Balaban J connectivity index is 1.68. The zero-order valence-corrected chi connectivity index (χ0v) is 13.5. The zero-order chi connectivity index (χ0) is 18.0.